The molecule has 112 valence electrons. The van der Waals surface area contributed by atoms with E-state index in [1.165, 1.54) is 23.9 Å². The molecule has 1 aromatic heterocycles. The second kappa shape index (κ2) is 6.67. The third-order valence-corrected chi connectivity index (χ3v) is 4.22. The van der Waals surface area contributed by atoms with Gasteiger partial charge in [-0.05, 0) is 18.4 Å². The van der Waals surface area contributed by atoms with Crippen molar-refractivity contribution in [3.8, 4) is 5.75 Å². The molecule has 21 heavy (non-hydrogen) atoms. The van der Waals surface area contributed by atoms with Gasteiger partial charge in [-0.2, -0.15) is 11.8 Å². The Kier molecular flexibility index (Phi) is 4.67. The average Bonchev–Trinajstić information content (AvgIpc) is 2.93. The summed E-state index contributed by atoms with van der Waals surface area (Å²) in [5, 5.41) is 8.37. The normalized spacial score (nSPS) is 13.8. The highest BCUT2D eigenvalue weighted by atomic mass is 32.2. The first-order valence-corrected chi connectivity index (χ1v) is 8.60. The monoisotopic (exact) mass is 328 g/mol. The number of thioether (sulfide) groups is 2. The van der Waals surface area contributed by atoms with E-state index in [1.807, 2.05) is 6.26 Å². The van der Waals surface area contributed by atoms with Gasteiger partial charge >= 0.3 is 0 Å². The van der Waals surface area contributed by atoms with Gasteiger partial charge in [-0.25, -0.2) is 4.39 Å². The lowest BCUT2D eigenvalue weighted by atomic mass is 10.1. The number of aromatic nitrogens is 2. The molecule has 8 heteroatoms. The van der Waals surface area contributed by atoms with Gasteiger partial charge in [-0.1, -0.05) is 11.8 Å². The second-order valence-corrected chi connectivity index (χ2v) is 6.14. The predicted octanol–water partition coefficient (Wildman–Crippen LogP) is 3.23. The van der Waals surface area contributed by atoms with E-state index < -0.39 is 0 Å². The van der Waals surface area contributed by atoms with Crippen molar-refractivity contribution in [1.29, 1.82) is 0 Å². The van der Waals surface area contributed by atoms with E-state index >= 15 is 0 Å². The maximum atomic E-state index is 13.6. The number of ether oxygens (including phenoxy) is 2. The quantitative estimate of drug-likeness (QED) is 0.781. The number of hydrogen-bond acceptors (Lipinski definition) is 7. The maximum Gasteiger partial charge on any atom is 0.276 e. The molecule has 0 saturated carbocycles. The van der Waals surface area contributed by atoms with Gasteiger partial charge in [0.05, 0.1) is 12.4 Å². The highest BCUT2D eigenvalue weighted by Gasteiger charge is 2.18. The van der Waals surface area contributed by atoms with E-state index in [2.05, 4.69) is 10.2 Å². The summed E-state index contributed by atoms with van der Waals surface area (Å²) in [7, 11) is 0. The van der Waals surface area contributed by atoms with Crippen LogP contribution in [-0.4, -0.2) is 23.2 Å². The molecule has 0 amide bonds. The number of nitrogens with zero attached hydrogens (tertiary/aromatic N) is 2. The van der Waals surface area contributed by atoms with Crippen molar-refractivity contribution in [3.05, 3.63) is 35.0 Å². The van der Waals surface area contributed by atoms with E-state index in [-0.39, 0.29) is 12.6 Å². The first kappa shape index (κ1) is 14.7. The lowest BCUT2D eigenvalue weighted by molar-refractivity contribution is -0.0171. The lowest BCUT2D eigenvalue weighted by Gasteiger charge is -2.20. The largest absolute Gasteiger partial charge is 0.467 e. The zero-order valence-corrected chi connectivity index (χ0v) is 12.9. The minimum atomic E-state index is -0.299. The summed E-state index contributed by atoms with van der Waals surface area (Å²) >= 11 is 2.98. The van der Waals surface area contributed by atoms with Crippen LogP contribution in [0.2, 0.25) is 0 Å². The Balaban J connectivity index is 1.73. The summed E-state index contributed by atoms with van der Waals surface area (Å²) < 4.78 is 29.7. The van der Waals surface area contributed by atoms with Gasteiger partial charge in [0.15, 0.2) is 6.79 Å². The summed E-state index contributed by atoms with van der Waals surface area (Å²) in [6, 6.07) is 2.91. The van der Waals surface area contributed by atoms with Gasteiger partial charge in [0.2, 0.25) is 5.89 Å². The van der Waals surface area contributed by atoms with Gasteiger partial charge in [0.25, 0.3) is 5.22 Å². The summed E-state index contributed by atoms with van der Waals surface area (Å²) in [6.45, 7) is 0.553. The number of rotatable bonds is 5. The summed E-state index contributed by atoms with van der Waals surface area (Å²) in [5.74, 6) is 2.17. The van der Waals surface area contributed by atoms with E-state index in [0.29, 0.717) is 35.0 Å². The molecule has 3 rings (SSSR count). The minimum absolute atomic E-state index is 0.189. The fourth-order valence-corrected chi connectivity index (χ4v) is 3.09. The van der Waals surface area contributed by atoms with Crippen LogP contribution in [0.25, 0.3) is 0 Å². The summed E-state index contributed by atoms with van der Waals surface area (Å²) in [4.78, 5) is 0. The smallest absolute Gasteiger partial charge is 0.276 e. The first-order chi connectivity index (χ1) is 10.3. The molecule has 1 aliphatic rings. The topological polar surface area (TPSA) is 57.4 Å². The highest BCUT2D eigenvalue weighted by molar-refractivity contribution is 7.98. The van der Waals surface area contributed by atoms with Crippen molar-refractivity contribution in [1.82, 2.24) is 10.2 Å². The molecule has 1 aromatic carbocycles. The van der Waals surface area contributed by atoms with Crippen LogP contribution in [0.4, 0.5) is 4.39 Å². The molecule has 5 nitrogen and oxygen atoms in total. The summed E-state index contributed by atoms with van der Waals surface area (Å²) in [6.07, 6.45) is 1.97. The molecule has 0 saturated heterocycles. The van der Waals surface area contributed by atoms with Crippen LogP contribution < -0.4 is 4.74 Å². The molecule has 2 heterocycles. The fraction of sp³-hybridized carbons (Fsp3) is 0.385. The third kappa shape index (κ3) is 3.50. The molecule has 0 aliphatic carbocycles. The Morgan fingerprint density at radius 1 is 1.29 bits per heavy atom. The van der Waals surface area contributed by atoms with Crippen LogP contribution in [0.5, 0.6) is 5.75 Å². The molecule has 0 bridgehead atoms. The van der Waals surface area contributed by atoms with E-state index in [1.54, 1.807) is 11.8 Å². The molecule has 0 radical (unpaired) electrons. The molecule has 0 unspecified atom stereocenters. The lowest BCUT2D eigenvalue weighted by Crippen LogP contribution is -2.13. The Labute approximate surface area is 129 Å². The minimum Gasteiger partial charge on any atom is -0.467 e. The zero-order valence-electron chi connectivity index (χ0n) is 11.3. The maximum absolute atomic E-state index is 13.6. The van der Waals surface area contributed by atoms with Crippen LogP contribution >= 0.6 is 23.5 Å². The van der Waals surface area contributed by atoms with Crippen molar-refractivity contribution < 1.29 is 18.3 Å². The molecule has 0 fully saturated rings. The van der Waals surface area contributed by atoms with E-state index in [4.69, 9.17) is 13.9 Å². The van der Waals surface area contributed by atoms with Crippen molar-refractivity contribution >= 4 is 23.5 Å². The molecule has 0 atom stereocenters. The van der Waals surface area contributed by atoms with E-state index in [0.717, 1.165) is 11.1 Å². The molecule has 2 aromatic rings. The second-order valence-electron chi connectivity index (χ2n) is 4.35. The SMILES string of the molecule is CSCc1nnc(SCc2cc(F)cc3c2OCOC3)o1. The first-order valence-electron chi connectivity index (χ1n) is 6.22. The molecule has 0 N–H and O–H groups in total. The third-order valence-electron chi connectivity index (χ3n) is 2.82. The van der Waals surface area contributed by atoms with Gasteiger partial charge in [-0.3, -0.25) is 0 Å². The van der Waals surface area contributed by atoms with Crippen LogP contribution in [0, 0.1) is 5.82 Å². The Hall–Kier alpha value is -1.25. The zero-order chi connectivity index (χ0) is 14.7. The van der Waals surface area contributed by atoms with Gasteiger partial charge in [-0.15, -0.1) is 10.2 Å². The van der Waals surface area contributed by atoms with E-state index in [9.17, 15) is 4.39 Å². The molecular weight excluding hydrogens is 315 g/mol. The molecule has 0 spiro atoms. The standard InChI is InChI=1S/C13H13FN2O3S2/c1-20-6-11-15-16-13(19-11)21-5-9-3-10(14)2-8-4-17-7-18-12(8)9/h2-3H,4-7H2,1H3. The highest BCUT2D eigenvalue weighted by Crippen LogP contribution is 2.33. The molecule has 1 aliphatic heterocycles. The van der Waals surface area contributed by atoms with Crippen LogP contribution in [0.1, 0.15) is 17.0 Å². The fourth-order valence-electron chi connectivity index (χ4n) is 1.98. The molecular formula is C13H13FN2O3S2. The Morgan fingerprint density at radius 3 is 3.05 bits per heavy atom. The van der Waals surface area contributed by atoms with Gasteiger partial charge < -0.3 is 13.9 Å². The van der Waals surface area contributed by atoms with Crippen molar-refractivity contribution in [2.24, 2.45) is 0 Å². The number of hydrogen-bond donors (Lipinski definition) is 0. The van der Waals surface area contributed by atoms with Crippen LogP contribution in [0.3, 0.4) is 0 Å². The van der Waals surface area contributed by atoms with Crippen molar-refractivity contribution in [3.63, 3.8) is 0 Å². The van der Waals surface area contributed by atoms with Crippen molar-refractivity contribution in [2.75, 3.05) is 13.0 Å². The average molecular weight is 328 g/mol. The Bertz CT molecular complexity index is 636. The van der Waals surface area contributed by atoms with Gasteiger partial charge in [0.1, 0.15) is 11.6 Å². The Morgan fingerprint density at radius 2 is 2.19 bits per heavy atom. The van der Waals surface area contributed by atoms with Gasteiger partial charge in [0, 0.05) is 16.9 Å². The number of fused-ring (bicyclic) bond motifs is 1. The number of halogens is 1. The van der Waals surface area contributed by atoms with Crippen molar-refractivity contribution in [2.45, 2.75) is 23.3 Å². The van der Waals surface area contributed by atoms with Crippen LogP contribution in [-0.2, 0) is 22.8 Å². The number of benzene rings is 1. The predicted molar refractivity (Wildman–Crippen MR) is 77.8 cm³/mol. The summed E-state index contributed by atoms with van der Waals surface area (Å²) in [5.41, 5.74) is 1.49. The van der Waals surface area contributed by atoms with Crippen LogP contribution in [0.15, 0.2) is 21.8 Å².